The number of hydrogen-bond donors (Lipinski definition) is 2. The number of nitrogens with one attached hydrogen (secondary N) is 2. The van der Waals surface area contributed by atoms with Crippen molar-refractivity contribution < 1.29 is 14.3 Å². The first-order valence-electron chi connectivity index (χ1n) is 5.64. The minimum atomic E-state index is -0.249. The Balaban J connectivity index is 2.43. The Morgan fingerprint density at radius 1 is 1.12 bits per heavy atom. The number of rotatable bonds is 6. The molecule has 0 radical (unpaired) electrons. The summed E-state index contributed by atoms with van der Waals surface area (Å²) in [6, 6.07) is 7.09. The van der Waals surface area contributed by atoms with E-state index in [1.165, 1.54) is 0 Å². The zero-order valence-corrected chi connectivity index (χ0v) is 10.2. The van der Waals surface area contributed by atoms with Crippen LogP contribution < -0.4 is 20.1 Å². The third-order valence-corrected chi connectivity index (χ3v) is 1.95. The predicted molar refractivity (Wildman–Crippen MR) is 65.3 cm³/mol. The van der Waals surface area contributed by atoms with E-state index in [1.807, 2.05) is 32.0 Å². The van der Waals surface area contributed by atoms with Gasteiger partial charge < -0.3 is 20.1 Å². The molecule has 0 aliphatic carbocycles. The summed E-state index contributed by atoms with van der Waals surface area (Å²) in [6.45, 7) is 5.02. The monoisotopic (exact) mass is 238 g/mol. The number of amides is 2. The maximum Gasteiger partial charge on any atom is 0.317 e. The number of ether oxygens (including phenoxy) is 2. The molecule has 94 valence electrons. The zero-order valence-electron chi connectivity index (χ0n) is 10.2. The van der Waals surface area contributed by atoms with Crippen molar-refractivity contribution >= 4 is 6.03 Å². The van der Waals surface area contributed by atoms with Crippen molar-refractivity contribution in [3.05, 3.63) is 24.3 Å². The lowest BCUT2D eigenvalue weighted by Crippen LogP contribution is -2.37. The molecule has 0 fully saturated rings. The van der Waals surface area contributed by atoms with Gasteiger partial charge in [0, 0.05) is 6.54 Å². The Morgan fingerprint density at radius 2 is 1.76 bits per heavy atom. The van der Waals surface area contributed by atoms with Gasteiger partial charge in [-0.1, -0.05) is 12.1 Å². The Labute approximate surface area is 101 Å². The fraction of sp³-hybridized carbons (Fsp3) is 0.417. The fourth-order valence-corrected chi connectivity index (χ4v) is 1.25. The van der Waals surface area contributed by atoms with Crippen molar-refractivity contribution in [2.24, 2.45) is 0 Å². The van der Waals surface area contributed by atoms with Crippen molar-refractivity contribution in [2.45, 2.75) is 13.8 Å². The van der Waals surface area contributed by atoms with Crippen LogP contribution in [0.3, 0.4) is 0 Å². The highest BCUT2D eigenvalue weighted by Crippen LogP contribution is 2.25. The van der Waals surface area contributed by atoms with E-state index in [1.54, 1.807) is 6.07 Å². The SMILES string of the molecule is CCNC(=O)NCOc1ccccc1OCC. The molecule has 2 amide bonds. The third kappa shape index (κ3) is 4.63. The van der Waals surface area contributed by atoms with Gasteiger partial charge in [-0.25, -0.2) is 4.79 Å². The van der Waals surface area contributed by atoms with E-state index in [-0.39, 0.29) is 12.8 Å². The largest absolute Gasteiger partial charge is 0.490 e. The maximum atomic E-state index is 11.1. The van der Waals surface area contributed by atoms with Crippen LogP contribution in [0.25, 0.3) is 0 Å². The van der Waals surface area contributed by atoms with Gasteiger partial charge >= 0.3 is 6.03 Å². The molecule has 0 unspecified atom stereocenters. The second-order valence-corrected chi connectivity index (χ2v) is 3.20. The molecule has 0 bridgehead atoms. The average Bonchev–Trinajstić information content (AvgIpc) is 2.32. The number of hydrogen-bond acceptors (Lipinski definition) is 3. The normalized spacial score (nSPS) is 9.53. The molecular formula is C12H18N2O3. The van der Waals surface area contributed by atoms with Gasteiger partial charge in [-0.15, -0.1) is 0 Å². The first-order valence-corrected chi connectivity index (χ1v) is 5.64. The predicted octanol–water partition coefficient (Wildman–Crippen LogP) is 1.74. The van der Waals surface area contributed by atoms with Crippen LogP contribution in [0, 0.1) is 0 Å². The third-order valence-electron chi connectivity index (χ3n) is 1.95. The van der Waals surface area contributed by atoms with E-state index in [2.05, 4.69) is 10.6 Å². The highest BCUT2D eigenvalue weighted by molar-refractivity contribution is 5.73. The smallest absolute Gasteiger partial charge is 0.317 e. The molecule has 17 heavy (non-hydrogen) atoms. The van der Waals surface area contributed by atoms with E-state index in [9.17, 15) is 4.79 Å². The van der Waals surface area contributed by atoms with Crippen LogP contribution in [0.15, 0.2) is 24.3 Å². The Hall–Kier alpha value is -1.91. The molecule has 0 spiro atoms. The zero-order chi connectivity index (χ0) is 12.5. The summed E-state index contributed by atoms with van der Waals surface area (Å²) in [4.78, 5) is 11.1. The highest BCUT2D eigenvalue weighted by atomic mass is 16.5. The molecule has 1 aromatic rings. The van der Waals surface area contributed by atoms with Gasteiger partial charge in [-0.05, 0) is 26.0 Å². The van der Waals surface area contributed by atoms with E-state index in [4.69, 9.17) is 9.47 Å². The van der Waals surface area contributed by atoms with Crippen molar-refractivity contribution in [2.75, 3.05) is 19.9 Å². The van der Waals surface area contributed by atoms with Crippen LogP contribution in [0.4, 0.5) is 4.79 Å². The lowest BCUT2D eigenvalue weighted by Gasteiger charge is -2.12. The van der Waals surface area contributed by atoms with E-state index in [0.29, 0.717) is 24.7 Å². The second kappa shape index (κ2) is 7.38. The topological polar surface area (TPSA) is 59.6 Å². The Morgan fingerprint density at radius 3 is 2.35 bits per heavy atom. The molecule has 2 N–H and O–H groups in total. The average molecular weight is 238 g/mol. The molecule has 1 rings (SSSR count). The minimum absolute atomic E-state index is 0.107. The van der Waals surface area contributed by atoms with Gasteiger partial charge in [-0.2, -0.15) is 0 Å². The summed E-state index contributed by atoms with van der Waals surface area (Å²) < 4.78 is 10.8. The van der Waals surface area contributed by atoms with Crippen molar-refractivity contribution in [3.63, 3.8) is 0 Å². The van der Waals surface area contributed by atoms with Crippen LogP contribution >= 0.6 is 0 Å². The van der Waals surface area contributed by atoms with Gasteiger partial charge in [0.25, 0.3) is 0 Å². The number of para-hydroxylation sites is 2. The van der Waals surface area contributed by atoms with Gasteiger partial charge in [0.05, 0.1) is 6.61 Å². The first kappa shape index (κ1) is 13.2. The summed E-state index contributed by atoms with van der Waals surface area (Å²) in [6.07, 6.45) is 0. The minimum Gasteiger partial charge on any atom is -0.490 e. The Bertz CT molecular complexity index is 355. The van der Waals surface area contributed by atoms with Crippen molar-refractivity contribution in [1.29, 1.82) is 0 Å². The molecular weight excluding hydrogens is 220 g/mol. The molecule has 0 heterocycles. The number of carbonyl (C=O) groups is 1. The molecule has 0 saturated carbocycles. The molecule has 1 aromatic carbocycles. The van der Waals surface area contributed by atoms with Crippen LogP contribution in [0.1, 0.15) is 13.8 Å². The quantitative estimate of drug-likeness (QED) is 0.742. The van der Waals surface area contributed by atoms with Gasteiger partial charge in [0.1, 0.15) is 0 Å². The summed E-state index contributed by atoms with van der Waals surface area (Å²) in [7, 11) is 0. The van der Waals surface area contributed by atoms with Crippen molar-refractivity contribution in [1.82, 2.24) is 10.6 Å². The first-order chi connectivity index (χ1) is 8.27. The van der Waals surface area contributed by atoms with E-state index >= 15 is 0 Å². The van der Waals surface area contributed by atoms with Crippen LogP contribution in [0.2, 0.25) is 0 Å². The molecule has 0 aromatic heterocycles. The molecule has 0 aliphatic rings. The summed E-state index contributed by atoms with van der Waals surface area (Å²) in [5.74, 6) is 1.29. The fourth-order valence-electron chi connectivity index (χ4n) is 1.25. The summed E-state index contributed by atoms with van der Waals surface area (Å²) in [5, 5.41) is 5.18. The molecule has 0 aliphatic heterocycles. The lowest BCUT2D eigenvalue weighted by atomic mass is 10.3. The van der Waals surface area contributed by atoms with Gasteiger partial charge in [0.2, 0.25) is 0 Å². The Kier molecular flexibility index (Phi) is 5.71. The number of benzene rings is 1. The summed E-state index contributed by atoms with van der Waals surface area (Å²) in [5.41, 5.74) is 0. The van der Waals surface area contributed by atoms with E-state index < -0.39 is 0 Å². The number of carbonyl (C=O) groups excluding carboxylic acids is 1. The molecule has 5 nitrogen and oxygen atoms in total. The van der Waals surface area contributed by atoms with Crippen LogP contribution in [0.5, 0.6) is 11.5 Å². The molecule has 0 atom stereocenters. The number of urea groups is 1. The van der Waals surface area contributed by atoms with E-state index in [0.717, 1.165) is 0 Å². The summed E-state index contributed by atoms with van der Waals surface area (Å²) >= 11 is 0. The maximum absolute atomic E-state index is 11.1. The van der Waals surface area contributed by atoms with Gasteiger partial charge in [-0.3, -0.25) is 0 Å². The lowest BCUT2D eigenvalue weighted by molar-refractivity contribution is 0.220. The molecule has 5 heteroatoms. The van der Waals surface area contributed by atoms with Gasteiger partial charge in [0.15, 0.2) is 18.2 Å². The second-order valence-electron chi connectivity index (χ2n) is 3.20. The van der Waals surface area contributed by atoms with Crippen LogP contribution in [-0.4, -0.2) is 25.9 Å². The molecule has 0 saturated heterocycles. The van der Waals surface area contributed by atoms with Crippen molar-refractivity contribution in [3.8, 4) is 11.5 Å². The standard InChI is InChI=1S/C12H18N2O3/c1-3-13-12(15)14-9-17-11-8-6-5-7-10(11)16-4-2/h5-8H,3-4,9H2,1-2H3,(H2,13,14,15). The van der Waals surface area contributed by atoms with Crippen LogP contribution in [-0.2, 0) is 0 Å². The highest BCUT2D eigenvalue weighted by Gasteiger charge is 2.03.